The highest BCUT2D eigenvalue weighted by Crippen LogP contribution is 2.30. The van der Waals surface area contributed by atoms with Gasteiger partial charge in [-0.3, -0.25) is 20.1 Å². The molecule has 9 nitrogen and oxygen atoms in total. The van der Waals surface area contributed by atoms with Crippen LogP contribution in [0.1, 0.15) is 12.5 Å². The molecule has 0 fully saturated rings. The fourth-order valence-corrected chi connectivity index (χ4v) is 2.79. The molecule has 2 N–H and O–H groups in total. The van der Waals surface area contributed by atoms with Crippen molar-refractivity contribution in [2.75, 3.05) is 0 Å². The lowest BCUT2D eigenvalue weighted by Gasteiger charge is -2.27. The van der Waals surface area contributed by atoms with E-state index in [0.717, 1.165) is 36.7 Å². The minimum Gasteiger partial charge on any atom is -0.289 e. The minimum absolute atomic E-state index is 0.0222. The molecule has 0 saturated heterocycles. The van der Waals surface area contributed by atoms with E-state index in [1.807, 2.05) is 0 Å². The molecule has 0 spiro atoms. The van der Waals surface area contributed by atoms with E-state index >= 15 is 0 Å². The molecular formula is C11H12F3N3O6S. The van der Waals surface area contributed by atoms with Gasteiger partial charge in [0.1, 0.15) is 6.04 Å². The maximum Gasteiger partial charge on any atom is 0.511 e. The van der Waals surface area contributed by atoms with Gasteiger partial charge in [-0.2, -0.15) is 17.5 Å². The number of non-ortho nitro benzene ring substituents is 1. The Morgan fingerprint density at radius 1 is 1.38 bits per heavy atom. The number of nitrogens with zero attached hydrogens (tertiary/aromatic N) is 2. The molecule has 24 heavy (non-hydrogen) atoms. The second-order valence-corrected chi connectivity index (χ2v) is 6.45. The number of carbonyl (C=O) groups excluding carboxylic acids is 1. The predicted molar refractivity (Wildman–Crippen MR) is 73.0 cm³/mol. The normalized spacial score (nSPS) is 13.6. The number of carbonyl (C=O) groups is 1. The van der Waals surface area contributed by atoms with E-state index in [1.54, 1.807) is 0 Å². The van der Waals surface area contributed by atoms with Crippen molar-refractivity contribution >= 4 is 21.6 Å². The van der Waals surface area contributed by atoms with Crippen molar-refractivity contribution in [2.45, 2.75) is 25.0 Å². The number of benzene rings is 1. The summed E-state index contributed by atoms with van der Waals surface area (Å²) in [6.07, 6.45) is 0. The average molecular weight is 371 g/mol. The Bertz CT molecular complexity index is 720. The van der Waals surface area contributed by atoms with E-state index in [4.69, 9.17) is 5.21 Å². The van der Waals surface area contributed by atoms with E-state index in [1.165, 1.54) is 0 Å². The molecule has 0 bridgehead atoms. The molecule has 1 aromatic carbocycles. The molecule has 1 amide bonds. The van der Waals surface area contributed by atoms with Gasteiger partial charge in [-0.1, -0.05) is 12.1 Å². The number of hydroxylamine groups is 1. The molecule has 1 rings (SSSR count). The highest BCUT2D eigenvalue weighted by atomic mass is 32.2. The number of nitro benzene ring substituents is 1. The number of hydrogen-bond donors (Lipinski definition) is 2. The van der Waals surface area contributed by atoms with Crippen LogP contribution in [0.5, 0.6) is 0 Å². The molecule has 0 unspecified atom stereocenters. The van der Waals surface area contributed by atoms with Gasteiger partial charge in [0, 0.05) is 18.7 Å². The van der Waals surface area contributed by atoms with E-state index in [2.05, 4.69) is 0 Å². The van der Waals surface area contributed by atoms with Crippen molar-refractivity contribution in [3.05, 3.63) is 39.9 Å². The van der Waals surface area contributed by atoms with Crippen LogP contribution in [0.4, 0.5) is 18.9 Å². The Kier molecular flexibility index (Phi) is 5.86. The molecule has 134 valence electrons. The van der Waals surface area contributed by atoms with Crippen LogP contribution in [0.15, 0.2) is 24.3 Å². The van der Waals surface area contributed by atoms with Crippen LogP contribution in [0.3, 0.4) is 0 Å². The molecule has 1 aromatic rings. The summed E-state index contributed by atoms with van der Waals surface area (Å²) in [6.45, 7) is -0.0331. The number of nitro groups is 1. The van der Waals surface area contributed by atoms with Gasteiger partial charge in [0.25, 0.3) is 11.6 Å². The molecular weight excluding hydrogens is 359 g/mol. The van der Waals surface area contributed by atoms with Crippen molar-refractivity contribution < 1.29 is 36.5 Å². The zero-order valence-electron chi connectivity index (χ0n) is 12.0. The summed E-state index contributed by atoms with van der Waals surface area (Å²) in [6, 6.07) is 2.19. The lowest BCUT2D eigenvalue weighted by molar-refractivity contribution is -0.384. The van der Waals surface area contributed by atoms with E-state index < -0.39 is 38.9 Å². The monoisotopic (exact) mass is 371 g/mol. The van der Waals surface area contributed by atoms with E-state index in [0.29, 0.717) is 0 Å². The fourth-order valence-electron chi connectivity index (χ4n) is 1.69. The molecule has 0 saturated carbocycles. The van der Waals surface area contributed by atoms with Crippen LogP contribution in [-0.2, 0) is 21.4 Å². The second-order valence-electron chi connectivity index (χ2n) is 4.57. The van der Waals surface area contributed by atoms with Crippen LogP contribution in [0.2, 0.25) is 0 Å². The summed E-state index contributed by atoms with van der Waals surface area (Å²) in [5.41, 5.74) is -4.96. The summed E-state index contributed by atoms with van der Waals surface area (Å²) in [5, 5.41) is 19.0. The van der Waals surface area contributed by atoms with E-state index in [9.17, 15) is 36.5 Å². The van der Waals surface area contributed by atoms with Gasteiger partial charge < -0.3 is 0 Å². The summed E-state index contributed by atoms with van der Waals surface area (Å²) in [7, 11) is -5.89. The van der Waals surface area contributed by atoms with Gasteiger partial charge in [-0.05, 0) is 12.5 Å². The molecule has 0 aliphatic heterocycles. The summed E-state index contributed by atoms with van der Waals surface area (Å²) < 4.78 is 61.4. The molecule has 0 radical (unpaired) electrons. The summed E-state index contributed by atoms with van der Waals surface area (Å²) in [5.74, 6) is -1.37. The first-order chi connectivity index (χ1) is 10.9. The molecule has 13 heteroatoms. The maximum atomic E-state index is 12.8. The number of sulfonamides is 1. The minimum atomic E-state index is -5.89. The smallest absolute Gasteiger partial charge is 0.289 e. The Morgan fingerprint density at radius 3 is 2.25 bits per heavy atom. The second kappa shape index (κ2) is 7.11. The third-order valence-electron chi connectivity index (χ3n) is 3.01. The number of hydrogen-bond acceptors (Lipinski definition) is 6. The van der Waals surface area contributed by atoms with Gasteiger partial charge in [-0.15, -0.1) is 0 Å². The van der Waals surface area contributed by atoms with Crippen molar-refractivity contribution in [1.82, 2.24) is 9.79 Å². The average Bonchev–Trinajstić information content (AvgIpc) is 2.50. The van der Waals surface area contributed by atoms with Crippen LogP contribution < -0.4 is 5.48 Å². The van der Waals surface area contributed by atoms with Gasteiger partial charge in [0.05, 0.1) is 4.92 Å². The van der Waals surface area contributed by atoms with E-state index in [-0.39, 0.29) is 15.6 Å². The van der Waals surface area contributed by atoms with Gasteiger partial charge in [0.15, 0.2) is 0 Å². The van der Waals surface area contributed by atoms with Crippen molar-refractivity contribution in [3.63, 3.8) is 0 Å². The van der Waals surface area contributed by atoms with Crippen LogP contribution in [0, 0.1) is 10.1 Å². The fraction of sp³-hybridized carbons (Fsp3) is 0.364. The maximum absolute atomic E-state index is 12.8. The van der Waals surface area contributed by atoms with Gasteiger partial charge >= 0.3 is 15.5 Å². The number of amides is 1. The van der Waals surface area contributed by atoms with Crippen molar-refractivity contribution in [2.24, 2.45) is 0 Å². The van der Waals surface area contributed by atoms with Crippen molar-refractivity contribution in [3.8, 4) is 0 Å². The quantitative estimate of drug-likeness (QED) is 0.438. The van der Waals surface area contributed by atoms with Gasteiger partial charge in [0.2, 0.25) is 0 Å². The third kappa shape index (κ3) is 4.18. The van der Waals surface area contributed by atoms with Crippen LogP contribution in [0.25, 0.3) is 0 Å². The Hall–Kier alpha value is -2.25. The summed E-state index contributed by atoms with van der Waals surface area (Å²) >= 11 is 0. The molecule has 0 aliphatic carbocycles. The zero-order valence-corrected chi connectivity index (χ0v) is 12.8. The van der Waals surface area contributed by atoms with Gasteiger partial charge in [-0.25, -0.2) is 13.9 Å². The number of rotatable bonds is 6. The zero-order chi connectivity index (χ0) is 18.7. The molecule has 0 aliphatic rings. The Labute approximate surface area is 133 Å². The summed E-state index contributed by atoms with van der Waals surface area (Å²) in [4.78, 5) is 21.1. The molecule has 0 heterocycles. The first kappa shape index (κ1) is 19.8. The molecule has 1 atom stereocenters. The first-order valence-corrected chi connectivity index (χ1v) is 7.61. The Morgan fingerprint density at radius 2 is 1.88 bits per heavy atom. The van der Waals surface area contributed by atoms with Crippen LogP contribution in [-0.4, -0.2) is 40.3 Å². The van der Waals surface area contributed by atoms with Crippen molar-refractivity contribution in [1.29, 1.82) is 0 Å². The topological polar surface area (TPSA) is 130 Å². The highest BCUT2D eigenvalue weighted by molar-refractivity contribution is 7.90. The first-order valence-electron chi connectivity index (χ1n) is 6.17. The Balaban J connectivity index is 3.24. The predicted octanol–water partition coefficient (Wildman–Crippen LogP) is 1.14. The lowest BCUT2D eigenvalue weighted by Crippen LogP contribution is -2.50. The third-order valence-corrected chi connectivity index (χ3v) is 4.66. The largest absolute Gasteiger partial charge is 0.511 e. The standard InChI is InChI=1S/C11H12F3N3O6S/c1-7(10(18)15-19)16(24(22,23)11(12,13)14)6-8-2-4-9(5-3-8)17(20)21/h2-5,7,19H,6H2,1H3,(H,15,18)/t7-/m0/s1. The SMILES string of the molecule is C[C@@H](C(=O)NO)N(Cc1ccc([N+](=O)[O-])cc1)S(=O)(=O)C(F)(F)F. The number of nitrogens with one attached hydrogen (secondary N) is 1. The lowest BCUT2D eigenvalue weighted by atomic mass is 10.2. The van der Waals surface area contributed by atoms with Crippen LogP contribution >= 0.6 is 0 Å². The highest BCUT2D eigenvalue weighted by Gasteiger charge is 2.52. The molecule has 0 aromatic heterocycles. The number of alkyl halides is 3. The number of halogens is 3.